The van der Waals surface area contributed by atoms with E-state index < -0.39 is 0 Å². The number of aromatic nitrogens is 1. The molecule has 2 unspecified atom stereocenters. The Kier molecular flexibility index (Phi) is 4.27. The van der Waals surface area contributed by atoms with Crippen molar-refractivity contribution < 1.29 is 4.79 Å². The third-order valence-electron chi connectivity index (χ3n) is 4.70. The summed E-state index contributed by atoms with van der Waals surface area (Å²) < 4.78 is 2.08. The molecule has 0 radical (unpaired) electrons. The number of amides is 1. The summed E-state index contributed by atoms with van der Waals surface area (Å²) >= 11 is 6.14. The van der Waals surface area contributed by atoms with Crippen LogP contribution in [0.2, 0.25) is 5.02 Å². The van der Waals surface area contributed by atoms with Gasteiger partial charge in [-0.25, -0.2) is 0 Å². The van der Waals surface area contributed by atoms with E-state index in [1.807, 2.05) is 12.3 Å². The molecule has 4 nitrogen and oxygen atoms in total. The van der Waals surface area contributed by atoms with Gasteiger partial charge in [0.05, 0.1) is 5.02 Å². The van der Waals surface area contributed by atoms with Crippen LogP contribution in [0.15, 0.2) is 12.3 Å². The molecule has 2 heterocycles. The molecule has 1 aliphatic heterocycles. The number of halogens is 1. The first-order chi connectivity index (χ1) is 10.1. The van der Waals surface area contributed by atoms with E-state index in [4.69, 9.17) is 11.6 Å². The largest absolute Gasteiger partial charge is 0.339 e. The molecular weight excluding hydrogens is 286 g/mol. The Hall–Kier alpha value is -1.00. The lowest BCUT2D eigenvalue weighted by Gasteiger charge is -2.40. The number of nitrogens with one attached hydrogen (secondary N) is 1. The van der Waals surface area contributed by atoms with Crippen LogP contribution < -0.4 is 5.32 Å². The van der Waals surface area contributed by atoms with Gasteiger partial charge >= 0.3 is 0 Å². The summed E-state index contributed by atoms with van der Waals surface area (Å²) in [6, 6.07) is 2.98. The average molecular weight is 310 g/mol. The maximum Gasteiger partial charge on any atom is 0.270 e. The molecule has 2 fully saturated rings. The van der Waals surface area contributed by atoms with E-state index in [1.54, 1.807) is 0 Å². The van der Waals surface area contributed by atoms with Crippen LogP contribution in [0, 0.1) is 0 Å². The lowest BCUT2D eigenvalue weighted by molar-refractivity contribution is 0.0564. The molecule has 1 N–H and O–H groups in total. The van der Waals surface area contributed by atoms with Gasteiger partial charge in [0.15, 0.2) is 0 Å². The summed E-state index contributed by atoms with van der Waals surface area (Å²) in [6.07, 6.45) is 6.24. The van der Waals surface area contributed by atoms with Crippen LogP contribution in [0.1, 0.15) is 56.1 Å². The van der Waals surface area contributed by atoms with Gasteiger partial charge in [-0.2, -0.15) is 0 Å². The van der Waals surface area contributed by atoms with Crippen LogP contribution in [0.4, 0.5) is 0 Å². The predicted molar refractivity (Wildman–Crippen MR) is 84.9 cm³/mol. The number of piperazine rings is 1. The molecule has 1 aliphatic carbocycles. The summed E-state index contributed by atoms with van der Waals surface area (Å²) in [4.78, 5) is 15.1. The summed E-state index contributed by atoms with van der Waals surface area (Å²) in [5, 5.41) is 4.20. The molecule has 5 heteroatoms. The monoisotopic (exact) mass is 309 g/mol. The number of carbonyl (C=O) groups excluding carboxylic acids is 1. The Bertz CT molecular complexity index is 524. The van der Waals surface area contributed by atoms with Crippen LogP contribution in [0.3, 0.4) is 0 Å². The molecule has 21 heavy (non-hydrogen) atoms. The smallest absolute Gasteiger partial charge is 0.270 e. The Balaban J connectivity index is 1.85. The van der Waals surface area contributed by atoms with Crippen molar-refractivity contribution in [2.75, 3.05) is 13.1 Å². The second kappa shape index (κ2) is 6.01. The fourth-order valence-electron chi connectivity index (χ4n) is 3.17. The molecule has 2 atom stereocenters. The van der Waals surface area contributed by atoms with Gasteiger partial charge in [-0.05, 0) is 31.7 Å². The minimum absolute atomic E-state index is 0.139. The summed E-state index contributed by atoms with van der Waals surface area (Å²) in [7, 11) is 0. The first-order valence-electron chi connectivity index (χ1n) is 8.05. The van der Waals surface area contributed by atoms with Gasteiger partial charge in [0, 0.05) is 37.4 Å². The van der Waals surface area contributed by atoms with Crippen molar-refractivity contribution in [3.05, 3.63) is 23.0 Å². The van der Waals surface area contributed by atoms with Crippen molar-refractivity contribution in [3.63, 3.8) is 0 Å². The summed E-state index contributed by atoms with van der Waals surface area (Å²) in [5.41, 5.74) is 0.762. The molecule has 3 rings (SSSR count). The van der Waals surface area contributed by atoms with Crippen LogP contribution in [-0.4, -0.2) is 40.5 Å². The van der Waals surface area contributed by atoms with Crippen LogP contribution in [0.5, 0.6) is 0 Å². The van der Waals surface area contributed by atoms with E-state index in [2.05, 4.69) is 28.6 Å². The van der Waals surface area contributed by atoms with Gasteiger partial charge in [0.1, 0.15) is 5.69 Å². The number of carbonyl (C=O) groups is 1. The molecule has 1 saturated carbocycles. The number of nitrogens with zero attached hydrogens (tertiary/aromatic N) is 2. The quantitative estimate of drug-likeness (QED) is 0.928. The van der Waals surface area contributed by atoms with E-state index >= 15 is 0 Å². The van der Waals surface area contributed by atoms with E-state index in [0.717, 1.165) is 44.5 Å². The van der Waals surface area contributed by atoms with Gasteiger partial charge in [-0.15, -0.1) is 0 Å². The maximum atomic E-state index is 13.0. The van der Waals surface area contributed by atoms with E-state index in [-0.39, 0.29) is 11.9 Å². The van der Waals surface area contributed by atoms with Gasteiger partial charge < -0.3 is 14.8 Å². The van der Waals surface area contributed by atoms with Crippen molar-refractivity contribution in [3.8, 4) is 0 Å². The molecule has 1 aromatic heterocycles. The highest BCUT2D eigenvalue weighted by atomic mass is 35.5. The first-order valence-corrected chi connectivity index (χ1v) is 8.43. The first kappa shape index (κ1) is 14.9. The predicted octanol–water partition coefficient (Wildman–Crippen LogP) is 3.08. The van der Waals surface area contributed by atoms with Crippen LogP contribution >= 0.6 is 11.6 Å². The molecule has 2 aliphatic rings. The number of hydrogen-bond acceptors (Lipinski definition) is 2. The minimum atomic E-state index is 0.139. The van der Waals surface area contributed by atoms with Gasteiger partial charge in [-0.3, -0.25) is 4.79 Å². The number of rotatable bonds is 4. The maximum absolute atomic E-state index is 13.0. The highest BCUT2D eigenvalue weighted by Gasteiger charge is 2.34. The molecule has 116 valence electrons. The Morgan fingerprint density at radius 2 is 2.14 bits per heavy atom. The molecule has 0 spiro atoms. The fourth-order valence-corrected chi connectivity index (χ4v) is 3.38. The molecule has 1 amide bonds. The zero-order valence-corrected chi connectivity index (χ0v) is 13.6. The lowest BCUT2D eigenvalue weighted by atomic mass is 10.0. The Morgan fingerprint density at radius 1 is 1.38 bits per heavy atom. The third kappa shape index (κ3) is 2.97. The molecule has 0 aromatic carbocycles. The van der Waals surface area contributed by atoms with Crippen molar-refractivity contribution in [2.45, 2.75) is 57.7 Å². The lowest BCUT2D eigenvalue weighted by Crippen LogP contribution is -2.58. The second-order valence-corrected chi connectivity index (χ2v) is 6.65. The topological polar surface area (TPSA) is 37.3 Å². The van der Waals surface area contributed by atoms with Crippen LogP contribution in [0.25, 0.3) is 0 Å². The Labute approximate surface area is 131 Å². The van der Waals surface area contributed by atoms with Crippen LogP contribution in [-0.2, 0) is 0 Å². The van der Waals surface area contributed by atoms with E-state index in [9.17, 15) is 4.79 Å². The molecule has 0 bridgehead atoms. The van der Waals surface area contributed by atoms with Crippen molar-refractivity contribution in [2.24, 2.45) is 0 Å². The normalized spacial score (nSPS) is 26.1. The highest BCUT2D eigenvalue weighted by Crippen LogP contribution is 2.38. The number of hydrogen-bond donors (Lipinski definition) is 1. The molecule has 1 aromatic rings. The summed E-state index contributed by atoms with van der Waals surface area (Å²) in [5.74, 6) is 0.139. The molecule has 1 saturated heterocycles. The zero-order chi connectivity index (χ0) is 15.0. The standard InChI is InChI=1S/C16H24ClN3O/c1-3-12-10-20(13(4-2)8-18-12)16(21)15-7-11(17)9-19(15)14-5-6-14/h7,9,12-14,18H,3-6,8,10H2,1-2H3. The SMILES string of the molecule is CCC1CN(C(=O)c2cc(Cl)cn2C2CC2)C(CC)CN1. The van der Waals surface area contributed by atoms with E-state index in [0.29, 0.717) is 17.1 Å². The zero-order valence-electron chi connectivity index (χ0n) is 12.8. The second-order valence-electron chi connectivity index (χ2n) is 6.22. The van der Waals surface area contributed by atoms with Gasteiger partial charge in [-0.1, -0.05) is 25.4 Å². The van der Waals surface area contributed by atoms with E-state index in [1.165, 1.54) is 0 Å². The third-order valence-corrected chi connectivity index (χ3v) is 4.91. The van der Waals surface area contributed by atoms with Crippen molar-refractivity contribution in [1.82, 2.24) is 14.8 Å². The summed E-state index contributed by atoms with van der Waals surface area (Å²) in [6.45, 7) is 5.99. The fraction of sp³-hybridized carbons (Fsp3) is 0.688. The van der Waals surface area contributed by atoms with Crippen molar-refractivity contribution >= 4 is 17.5 Å². The van der Waals surface area contributed by atoms with Gasteiger partial charge in [0.25, 0.3) is 5.91 Å². The minimum Gasteiger partial charge on any atom is -0.339 e. The van der Waals surface area contributed by atoms with Gasteiger partial charge in [0.2, 0.25) is 0 Å². The Morgan fingerprint density at radius 3 is 2.76 bits per heavy atom. The van der Waals surface area contributed by atoms with Crippen molar-refractivity contribution in [1.29, 1.82) is 0 Å². The highest BCUT2D eigenvalue weighted by molar-refractivity contribution is 6.31. The molecular formula is C16H24ClN3O. The average Bonchev–Trinajstić information content (AvgIpc) is 3.28.